The van der Waals surface area contributed by atoms with Gasteiger partial charge in [-0.3, -0.25) is 24.5 Å². The summed E-state index contributed by atoms with van der Waals surface area (Å²) >= 11 is 0. The van der Waals surface area contributed by atoms with Gasteiger partial charge in [-0.2, -0.15) is 0 Å². The first-order chi connectivity index (χ1) is 14.9. The summed E-state index contributed by atoms with van der Waals surface area (Å²) in [6.07, 6.45) is 0. The molecule has 1 aliphatic rings. The highest BCUT2D eigenvalue weighted by molar-refractivity contribution is 6.39. The Balaban J connectivity index is 1.39. The Morgan fingerprint density at radius 2 is 1.71 bits per heavy atom. The number of benzene rings is 2. The number of hydrogen-bond donors (Lipinski definition) is 3. The number of anilines is 1. The van der Waals surface area contributed by atoms with E-state index in [1.165, 1.54) is 23.1 Å². The van der Waals surface area contributed by atoms with Crippen molar-refractivity contribution in [3.63, 3.8) is 0 Å². The van der Waals surface area contributed by atoms with Crippen molar-refractivity contribution in [1.82, 2.24) is 10.2 Å². The maximum atomic E-state index is 12.6. The van der Waals surface area contributed by atoms with Crippen molar-refractivity contribution < 1.29 is 24.2 Å². The quantitative estimate of drug-likeness (QED) is 0.332. The van der Waals surface area contributed by atoms with E-state index >= 15 is 0 Å². The van der Waals surface area contributed by atoms with Crippen LogP contribution in [0, 0.1) is 10.1 Å². The van der Waals surface area contributed by atoms with Gasteiger partial charge in [-0.25, -0.2) is 0 Å². The van der Waals surface area contributed by atoms with Crippen LogP contribution in [0.3, 0.4) is 0 Å². The van der Waals surface area contributed by atoms with Crippen molar-refractivity contribution in [2.24, 2.45) is 0 Å². The van der Waals surface area contributed by atoms with E-state index in [0.717, 1.165) is 0 Å². The third-order valence-corrected chi connectivity index (χ3v) is 5.06. The van der Waals surface area contributed by atoms with Gasteiger partial charge in [0, 0.05) is 23.4 Å². The number of quaternary nitrogens is 1. The maximum Gasteiger partial charge on any atom is 0.313 e. The number of carbonyl (C=O) groups excluding carboxylic acids is 3. The molecule has 2 aromatic carbocycles. The van der Waals surface area contributed by atoms with E-state index in [1.54, 1.807) is 35.2 Å². The van der Waals surface area contributed by atoms with Gasteiger partial charge in [0.25, 0.3) is 11.6 Å². The number of nitro benzene ring substituents is 1. The number of nitro groups is 1. The lowest BCUT2D eigenvalue weighted by Crippen LogP contribution is -3.15. The monoisotopic (exact) mass is 426 g/mol. The summed E-state index contributed by atoms with van der Waals surface area (Å²) in [4.78, 5) is 49.7. The maximum absolute atomic E-state index is 12.6. The fraction of sp³-hybridized carbons (Fsp3) is 0.286. The fourth-order valence-corrected chi connectivity index (χ4v) is 3.35. The molecule has 1 aliphatic heterocycles. The van der Waals surface area contributed by atoms with Gasteiger partial charge in [0.2, 0.25) is 0 Å². The molecule has 0 spiro atoms. The molecule has 0 atom stereocenters. The third kappa shape index (κ3) is 6.09. The van der Waals surface area contributed by atoms with Crippen LogP contribution in [0.1, 0.15) is 10.4 Å². The molecule has 1 fully saturated rings. The van der Waals surface area contributed by atoms with Crippen LogP contribution in [0.25, 0.3) is 0 Å². The summed E-state index contributed by atoms with van der Waals surface area (Å²) < 4.78 is 0. The number of hydrogen-bond acceptors (Lipinski definition) is 5. The molecular formula is C21H24N5O5+. The average molecular weight is 426 g/mol. The van der Waals surface area contributed by atoms with E-state index in [9.17, 15) is 24.5 Å². The highest BCUT2D eigenvalue weighted by Crippen LogP contribution is 2.15. The molecule has 3 N–H and O–H groups in total. The lowest BCUT2D eigenvalue weighted by Gasteiger charge is -2.32. The van der Waals surface area contributed by atoms with Gasteiger partial charge in [-0.05, 0) is 18.2 Å². The van der Waals surface area contributed by atoms with Crippen LogP contribution in [0.2, 0.25) is 0 Å². The number of piperazine rings is 1. The SMILES string of the molecule is O=C(NCC[NH+]1CCN(C(=O)c2cccc([N+](=O)[O-])c2)CC1)C(=O)Nc1ccccc1. The molecule has 3 amide bonds. The highest BCUT2D eigenvalue weighted by atomic mass is 16.6. The van der Waals surface area contributed by atoms with Gasteiger partial charge in [-0.15, -0.1) is 0 Å². The lowest BCUT2D eigenvalue weighted by molar-refractivity contribution is -0.902. The summed E-state index contributed by atoms with van der Waals surface area (Å²) in [6, 6.07) is 14.5. The fourth-order valence-electron chi connectivity index (χ4n) is 3.35. The Hall–Kier alpha value is -3.79. The van der Waals surface area contributed by atoms with E-state index < -0.39 is 16.7 Å². The van der Waals surface area contributed by atoms with Crippen molar-refractivity contribution >= 4 is 29.1 Å². The number of carbonyl (C=O) groups is 3. The van der Waals surface area contributed by atoms with Gasteiger partial charge in [0.1, 0.15) is 0 Å². The molecule has 0 aromatic heterocycles. The Morgan fingerprint density at radius 3 is 2.39 bits per heavy atom. The van der Waals surface area contributed by atoms with Crippen molar-refractivity contribution in [3.05, 3.63) is 70.3 Å². The molecule has 3 rings (SSSR count). The first-order valence-electron chi connectivity index (χ1n) is 9.95. The minimum Gasteiger partial charge on any atom is -0.342 e. The van der Waals surface area contributed by atoms with E-state index in [1.807, 2.05) is 6.07 Å². The smallest absolute Gasteiger partial charge is 0.313 e. The molecule has 1 saturated heterocycles. The molecule has 0 saturated carbocycles. The Labute approximate surface area is 179 Å². The zero-order valence-electron chi connectivity index (χ0n) is 16.9. The van der Waals surface area contributed by atoms with Gasteiger partial charge in [0.15, 0.2) is 0 Å². The molecule has 0 radical (unpaired) electrons. The van der Waals surface area contributed by atoms with Crippen molar-refractivity contribution in [2.45, 2.75) is 0 Å². The number of non-ortho nitro benzene ring substituents is 1. The van der Waals surface area contributed by atoms with Gasteiger partial charge in [-0.1, -0.05) is 24.3 Å². The van der Waals surface area contributed by atoms with E-state index in [2.05, 4.69) is 10.6 Å². The van der Waals surface area contributed by atoms with Crippen molar-refractivity contribution in [3.8, 4) is 0 Å². The Bertz CT molecular complexity index is 958. The average Bonchev–Trinajstić information content (AvgIpc) is 2.79. The van der Waals surface area contributed by atoms with Crippen LogP contribution < -0.4 is 15.5 Å². The van der Waals surface area contributed by atoms with Crippen molar-refractivity contribution in [2.75, 3.05) is 44.6 Å². The molecule has 2 aromatic rings. The first kappa shape index (κ1) is 21.9. The van der Waals surface area contributed by atoms with Gasteiger partial charge in [0.05, 0.1) is 44.2 Å². The van der Waals surface area contributed by atoms with Crippen LogP contribution in [-0.2, 0) is 9.59 Å². The number of nitrogens with one attached hydrogen (secondary N) is 3. The van der Waals surface area contributed by atoms with Crippen molar-refractivity contribution in [1.29, 1.82) is 0 Å². The van der Waals surface area contributed by atoms with Gasteiger partial charge >= 0.3 is 11.8 Å². The van der Waals surface area contributed by atoms with E-state index in [0.29, 0.717) is 50.5 Å². The van der Waals surface area contributed by atoms with Crippen LogP contribution in [0.5, 0.6) is 0 Å². The molecule has 162 valence electrons. The minimum absolute atomic E-state index is 0.109. The molecule has 1 heterocycles. The number of rotatable bonds is 6. The second-order valence-electron chi connectivity index (χ2n) is 7.18. The largest absolute Gasteiger partial charge is 0.342 e. The molecule has 10 nitrogen and oxygen atoms in total. The number of nitrogens with zero attached hydrogens (tertiary/aromatic N) is 2. The molecule has 10 heteroatoms. The first-order valence-corrected chi connectivity index (χ1v) is 9.95. The molecule has 31 heavy (non-hydrogen) atoms. The summed E-state index contributed by atoms with van der Waals surface area (Å²) in [5.74, 6) is -1.63. The Morgan fingerprint density at radius 1 is 1.00 bits per heavy atom. The summed E-state index contributed by atoms with van der Waals surface area (Å²) in [7, 11) is 0. The normalized spacial score (nSPS) is 14.0. The molecule has 0 aliphatic carbocycles. The lowest BCUT2D eigenvalue weighted by atomic mass is 10.1. The highest BCUT2D eigenvalue weighted by Gasteiger charge is 2.25. The second-order valence-corrected chi connectivity index (χ2v) is 7.18. The summed E-state index contributed by atoms with van der Waals surface area (Å²) in [5.41, 5.74) is 0.745. The van der Waals surface area contributed by atoms with Crippen LogP contribution in [0.4, 0.5) is 11.4 Å². The third-order valence-electron chi connectivity index (χ3n) is 5.06. The zero-order valence-corrected chi connectivity index (χ0v) is 16.9. The number of amides is 3. The summed E-state index contributed by atoms with van der Waals surface area (Å²) in [5, 5.41) is 16.0. The zero-order chi connectivity index (χ0) is 22.2. The van der Waals surface area contributed by atoms with Crippen LogP contribution >= 0.6 is 0 Å². The van der Waals surface area contributed by atoms with Crippen LogP contribution in [0.15, 0.2) is 54.6 Å². The molecule has 0 bridgehead atoms. The second kappa shape index (κ2) is 10.3. The predicted molar refractivity (Wildman–Crippen MR) is 113 cm³/mol. The van der Waals surface area contributed by atoms with Crippen LogP contribution in [-0.4, -0.2) is 66.8 Å². The molecule has 0 unspecified atom stereocenters. The van der Waals surface area contributed by atoms with E-state index in [4.69, 9.17) is 0 Å². The predicted octanol–water partition coefficient (Wildman–Crippen LogP) is -0.310. The topological polar surface area (TPSA) is 126 Å². The Kier molecular flexibility index (Phi) is 7.28. The number of para-hydroxylation sites is 1. The van der Waals surface area contributed by atoms with Gasteiger partial charge < -0.3 is 20.4 Å². The summed E-state index contributed by atoms with van der Waals surface area (Å²) in [6.45, 7) is 3.37. The molecular weight excluding hydrogens is 402 g/mol. The standard InChI is InChI=1S/C21H23N5O5/c27-19(20(28)23-17-6-2-1-3-7-17)22-9-10-24-11-13-25(14-12-24)21(29)16-5-4-8-18(15-16)26(30)31/h1-8,15H,9-14H2,(H,22,27)(H,23,28)/p+1. The van der Waals surface area contributed by atoms with E-state index in [-0.39, 0.29) is 11.6 Å². The minimum atomic E-state index is -0.714.